The van der Waals surface area contributed by atoms with E-state index in [0.29, 0.717) is 29.8 Å². The lowest BCUT2D eigenvalue weighted by Gasteiger charge is -2.20. The highest BCUT2D eigenvalue weighted by Gasteiger charge is 2.17. The molecule has 30 heavy (non-hydrogen) atoms. The number of methoxy groups -OCH3 is 1. The Morgan fingerprint density at radius 3 is 2.03 bits per heavy atom. The topological polar surface area (TPSA) is 73.9 Å². The first-order valence-corrected chi connectivity index (χ1v) is 10.1. The molecule has 0 spiro atoms. The third-order valence-corrected chi connectivity index (χ3v) is 4.64. The summed E-state index contributed by atoms with van der Waals surface area (Å²) in [6.45, 7) is 8.78. The maximum Gasteiger partial charge on any atom is 0.344 e. The van der Waals surface area contributed by atoms with Gasteiger partial charge in [0.15, 0.2) is 6.61 Å². The van der Waals surface area contributed by atoms with Crippen molar-refractivity contribution in [3.05, 3.63) is 59.2 Å². The number of para-hydroxylation sites is 1. The molecule has 0 bridgehead atoms. The standard InChI is InChI=1S/C24H31NO5/c1-16(2)20-7-6-8-21(17(3)4)23(20)25-24(27)18-9-11-19(12-10-18)30-15-22(26)29-14-13-28-5/h6-12,16-17H,13-15H2,1-5H3,(H,25,27). The minimum absolute atomic E-state index is 0.185. The first-order valence-electron chi connectivity index (χ1n) is 10.1. The van der Waals surface area contributed by atoms with Crippen molar-refractivity contribution in [2.75, 3.05) is 32.2 Å². The van der Waals surface area contributed by atoms with Crippen molar-refractivity contribution in [3.8, 4) is 5.75 Å². The fourth-order valence-electron chi connectivity index (χ4n) is 3.01. The van der Waals surface area contributed by atoms with Gasteiger partial charge in [-0.2, -0.15) is 0 Å². The second-order valence-electron chi connectivity index (χ2n) is 7.60. The second-order valence-corrected chi connectivity index (χ2v) is 7.60. The molecule has 0 aliphatic rings. The molecule has 0 fully saturated rings. The lowest BCUT2D eigenvalue weighted by Crippen LogP contribution is -2.17. The van der Waals surface area contributed by atoms with Crippen LogP contribution in [0.1, 0.15) is 61.0 Å². The summed E-state index contributed by atoms with van der Waals surface area (Å²) in [6.07, 6.45) is 0. The minimum atomic E-state index is -0.472. The van der Waals surface area contributed by atoms with E-state index in [2.05, 4.69) is 45.1 Å². The van der Waals surface area contributed by atoms with Crippen molar-refractivity contribution in [3.63, 3.8) is 0 Å². The van der Waals surface area contributed by atoms with Crippen LogP contribution in [0.15, 0.2) is 42.5 Å². The largest absolute Gasteiger partial charge is 0.482 e. The number of hydrogen-bond acceptors (Lipinski definition) is 5. The van der Waals surface area contributed by atoms with Gasteiger partial charge in [-0.1, -0.05) is 45.9 Å². The minimum Gasteiger partial charge on any atom is -0.482 e. The number of esters is 1. The maximum absolute atomic E-state index is 12.8. The molecule has 0 unspecified atom stereocenters. The Hall–Kier alpha value is -2.86. The fraction of sp³-hybridized carbons (Fsp3) is 0.417. The van der Waals surface area contributed by atoms with E-state index in [4.69, 9.17) is 14.2 Å². The number of anilines is 1. The van der Waals surface area contributed by atoms with Gasteiger partial charge in [-0.15, -0.1) is 0 Å². The smallest absolute Gasteiger partial charge is 0.344 e. The number of rotatable bonds is 10. The maximum atomic E-state index is 12.8. The van der Waals surface area contributed by atoms with Gasteiger partial charge in [-0.3, -0.25) is 4.79 Å². The molecular weight excluding hydrogens is 382 g/mol. The zero-order valence-corrected chi connectivity index (χ0v) is 18.4. The number of carbonyl (C=O) groups excluding carboxylic acids is 2. The molecule has 1 N–H and O–H groups in total. The van der Waals surface area contributed by atoms with Crippen molar-refractivity contribution in [1.82, 2.24) is 0 Å². The average molecular weight is 414 g/mol. The highest BCUT2D eigenvalue weighted by atomic mass is 16.6. The van der Waals surface area contributed by atoms with Crippen LogP contribution in [0, 0.1) is 0 Å². The van der Waals surface area contributed by atoms with Crippen LogP contribution in [0.25, 0.3) is 0 Å². The Kier molecular flexibility index (Phi) is 8.87. The zero-order valence-electron chi connectivity index (χ0n) is 18.4. The lowest BCUT2D eigenvalue weighted by molar-refractivity contribution is -0.147. The first-order chi connectivity index (χ1) is 14.3. The number of nitrogens with one attached hydrogen (secondary N) is 1. The summed E-state index contributed by atoms with van der Waals surface area (Å²) in [4.78, 5) is 24.4. The summed E-state index contributed by atoms with van der Waals surface area (Å²) in [5.41, 5.74) is 3.62. The monoisotopic (exact) mass is 413 g/mol. The molecule has 2 aromatic rings. The molecule has 0 atom stereocenters. The van der Waals surface area contributed by atoms with Crippen LogP contribution >= 0.6 is 0 Å². The van der Waals surface area contributed by atoms with E-state index < -0.39 is 5.97 Å². The third kappa shape index (κ3) is 6.59. The number of benzene rings is 2. The van der Waals surface area contributed by atoms with E-state index in [9.17, 15) is 9.59 Å². The lowest BCUT2D eigenvalue weighted by atomic mass is 9.92. The zero-order chi connectivity index (χ0) is 22.1. The van der Waals surface area contributed by atoms with Crippen molar-refractivity contribution < 1.29 is 23.8 Å². The van der Waals surface area contributed by atoms with Gasteiger partial charge in [0, 0.05) is 18.4 Å². The van der Waals surface area contributed by atoms with E-state index in [1.807, 2.05) is 6.07 Å². The van der Waals surface area contributed by atoms with E-state index in [1.165, 1.54) is 7.11 Å². The summed E-state index contributed by atoms with van der Waals surface area (Å²) in [5.74, 6) is 0.411. The molecule has 162 valence electrons. The summed E-state index contributed by atoms with van der Waals surface area (Å²) in [5, 5.41) is 3.09. The molecule has 6 nitrogen and oxygen atoms in total. The van der Waals surface area contributed by atoms with E-state index in [1.54, 1.807) is 24.3 Å². The quantitative estimate of drug-likeness (QED) is 0.449. The van der Waals surface area contributed by atoms with Gasteiger partial charge in [0.25, 0.3) is 5.91 Å². The Labute approximate surface area is 178 Å². The summed E-state index contributed by atoms with van der Waals surface area (Å²) in [6, 6.07) is 12.8. The van der Waals surface area contributed by atoms with Gasteiger partial charge in [0.1, 0.15) is 12.4 Å². The highest BCUT2D eigenvalue weighted by molar-refractivity contribution is 6.05. The number of amides is 1. The van der Waals surface area contributed by atoms with Gasteiger partial charge in [0.05, 0.1) is 6.61 Å². The van der Waals surface area contributed by atoms with Crippen LogP contribution in [-0.4, -0.2) is 38.8 Å². The van der Waals surface area contributed by atoms with Crippen LogP contribution in [0.2, 0.25) is 0 Å². The molecular formula is C24H31NO5. The van der Waals surface area contributed by atoms with Gasteiger partial charge >= 0.3 is 5.97 Å². The van der Waals surface area contributed by atoms with E-state index in [0.717, 1.165) is 16.8 Å². The van der Waals surface area contributed by atoms with Gasteiger partial charge in [-0.05, 0) is 47.2 Å². The van der Waals surface area contributed by atoms with Crippen LogP contribution in [0.5, 0.6) is 5.75 Å². The molecule has 0 aliphatic heterocycles. The second kappa shape index (κ2) is 11.4. The Bertz CT molecular complexity index is 817. The average Bonchev–Trinajstić information content (AvgIpc) is 2.72. The first kappa shape index (κ1) is 23.4. The number of ether oxygens (including phenoxy) is 3. The van der Waals surface area contributed by atoms with Crippen LogP contribution in [-0.2, 0) is 14.3 Å². The fourth-order valence-corrected chi connectivity index (χ4v) is 3.01. The van der Waals surface area contributed by atoms with E-state index >= 15 is 0 Å². The molecule has 0 aliphatic carbocycles. The van der Waals surface area contributed by atoms with Crippen molar-refractivity contribution in [1.29, 1.82) is 0 Å². The van der Waals surface area contributed by atoms with Gasteiger partial charge in [0.2, 0.25) is 0 Å². The summed E-state index contributed by atoms with van der Waals surface area (Å²) >= 11 is 0. The Morgan fingerprint density at radius 2 is 1.50 bits per heavy atom. The van der Waals surface area contributed by atoms with Crippen LogP contribution in [0.4, 0.5) is 5.69 Å². The third-order valence-electron chi connectivity index (χ3n) is 4.64. The molecule has 0 saturated carbocycles. The van der Waals surface area contributed by atoms with E-state index in [-0.39, 0.29) is 19.1 Å². The predicted octanol–water partition coefficient (Wildman–Crippen LogP) is 4.75. The van der Waals surface area contributed by atoms with Gasteiger partial charge in [-0.25, -0.2) is 4.79 Å². The molecule has 1 amide bonds. The molecule has 6 heteroatoms. The normalized spacial score (nSPS) is 10.9. The SMILES string of the molecule is COCCOC(=O)COc1ccc(C(=O)Nc2c(C(C)C)cccc2C(C)C)cc1. The summed E-state index contributed by atoms with van der Waals surface area (Å²) < 4.78 is 15.2. The molecule has 0 saturated heterocycles. The number of carbonyl (C=O) groups is 2. The van der Waals surface area contributed by atoms with Crippen molar-refractivity contribution in [2.24, 2.45) is 0 Å². The molecule has 0 radical (unpaired) electrons. The van der Waals surface area contributed by atoms with Crippen molar-refractivity contribution in [2.45, 2.75) is 39.5 Å². The predicted molar refractivity (Wildman–Crippen MR) is 117 cm³/mol. The van der Waals surface area contributed by atoms with Crippen LogP contribution in [0.3, 0.4) is 0 Å². The Balaban J connectivity index is 2.04. The molecule has 0 heterocycles. The highest BCUT2D eigenvalue weighted by Crippen LogP contribution is 2.32. The van der Waals surface area contributed by atoms with Crippen LogP contribution < -0.4 is 10.1 Å². The number of hydrogen-bond donors (Lipinski definition) is 1. The molecule has 2 rings (SSSR count). The molecule has 2 aromatic carbocycles. The molecule has 0 aromatic heterocycles. The van der Waals surface area contributed by atoms with Gasteiger partial charge < -0.3 is 19.5 Å². The Morgan fingerprint density at radius 1 is 0.900 bits per heavy atom. The van der Waals surface area contributed by atoms with Crippen molar-refractivity contribution >= 4 is 17.6 Å². The summed E-state index contributed by atoms with van der Waals surface area (Å²) in [7, 11) is 1.53.